The lowest BCUT2D eigenvalue weighted by Crippen LogP contribution is -2.67. The number of amides is 2. The van der Waals surface area contributed by atoms with Crippen molar-refractivity contribution >= 4 is 21.7 Å². The third-order valence-electron chi connectivity index (χ3n) is 4.10. The zero-order chi connectivity index (χ0) is 15.1. The number of nitrogens with one attached hydrogen (secondary N) is 1. The monoisotopic (exact) mass is 302 g/mol. The zero-order valence-electron chi connectivity index (χ0n) is 12.1. The molecule has 2 unspecified atom stereocenters. The summed E-state index contributed by atoms with van der Waals surface area (Å²) in [5.74, 6) is -0.0389. The van der Waals surface area contributed by atoms with E-state index in [-0.39, 0.29) is 35.3 Å². The van der Waals surface area contributed by atoms with Crippen molar-refractivity contribution in [2.45, 2.75) is 51.7 Å². The molecule has 0 saturated carbocycles. The fraction of sp³-hybridized carbons (Fsp3) is 0.846. The molecule has 2 saturated heterocycles. The maximum Gasteiger partial charge on any atom is 0.245 e. The molecule has 2 atom stereocenters. The number of hydrogen-bond donors (Lipinski definition) is 1. The van der Waals surface area contributed by atoms with Crippen LogP contribution in [0.5, 0.6) is 0 Å². The van der Waals surface area contributed by atoms with Crippen molar-refractivity contribution in [3.8, 4) is 0 Å². The van der Waals surface area contributed by atoms with Gasteiger partial charge in [0.05, 0.1) is 11.5 Å². The summed E-state index contributed by atoms with van der Waals surface area (Å²) >= 11 is 0. The van der Waals surface area contributed by atoms with Gasteiger partial charge in [0.25, 0.3) is 0 Å². The van der Waals surface area contributed by atoms with Gasteiger partial charge in [-0.15, -0.1) is 0 Å². The van der Waals surface area contributed by atoms with Gasteiger partial charge < -0.3 is 10.2 Å². The second-order valence-electron chi connectivity index (χ2n) is 6.05. The van der Waals surface area contributed by atoms with Crippen molar-refractivity contribution in [1.29, 1.82) is 0 Å². The molecule has 2 aliphatic rings. The Morgan fingerprint density at radius 2 is 1.75 bits per heavy atom. The summed E-state index contributed by atoms with van der Waals surface area (Å²) in [7, 11) is -2.98. The molecule has 2 rings (SSSR count). The van der Waals surface area contributed by atoms with Gasteiger partial charge in [-0.05, 0) is 25.7 Å². The molecule has 0 aromatic heterocycles. The van der Waals surface area contributed by atoms with Crippen molar-refractivity contribution in [2.75, 3.05) is 11.5 Å². The first kappa shape index (κ1) is 15.3. The molecule has 2 fully saturated rings. The van der Waals surface area contributed by atoms with E-state index in [0.717, 1.165) is 0 Å². The number of nitrogens with zero attached hydrogens (tertiary/aromatic N) is 1. The quantitative estimate of drug-likeness (QED) is 0.774. The lowest BCUT2D eigenvalue weighted by atomic mass is 9.94. The van der Waals surface area contributed by atoms with Crippen LogP contribution in [0.15, 0.2) is 0 Å². The van der Waals surface area contributed by atoms with Crippen LogP contribution in [-0.4, -0.2) is 54.8 Å². The molecule has 0 aromatic carbocycles. The zero-order valence-corrected chi connectivity index (χ0v) is 12.9. The number of carbonyl (C=O) groups is 2. The van der Waals surface area contributed by atoms with E-state index in [2.05, 4.69) is 5.32 Å². The van der Waals surface area contributed by atoms with Gasteiger partial charge in [0.1, 0.15) is 21.9 Å². The number of hydrogen-bond acceptors (Lipinski definition) is 4. The van der Waals surface area contributed by atoms with Gasteiger partial charge in [0, 0.05) is 6.04 Å². The Hall–Kier alpha value is -1.11. The highest BCUT2D eigenvalue weighted by Crippen LogP contribution is 2.26. The summed E-state index contributed by atoms with van der Waals surface area (Å²) in [6, 6.07) is -1.17. The smallest absolute Gasteiger partial charge is 0.245 e. The third-order valence-corrected chi connectivity index (χ3v) is 5.82. The molecular weight excluding hydrogens is 280 g/mol. The average molecular weight is 302 g/mol. The largest absolute Gasteiger partial charge is 0.343 e. The minimum atomic E-state index is -2.98. The van der Waals surface area contributed by atoms with Crippen LogP contribution >= 0.6 is 0 Å². The Kier molecular flexibility index (Phi) is 4.09. The molecule has 20 heavy (non-hydrogen) atoms. The van der Waals surface area contributed by atoms with Crippen molar-refractivity contribution in [3.05, 3.63) is 0 Å². The Morgan fingerprint density at radius 1 is 1.20 bits per heavy atom. The van der Waals surface area contributed by atoms with Crippen molar-refractivity contribution in [3.63, 3.8) is 0 Å². The fourth-order valence-corrected chi connectivity index (χ4v) is 4.50. The van der Waals surface area contributed by atoms with Crippen LogP contribution in [0.1, 0.15) is 33.6 Å². The minimum absolute atomic E-state index is 0.00461. The number of piperazine rings is 1. The highest BCUT2D eigenvalue weighted by molar-refractivity contribution is 7.91. The molecule has 0 radical (unpaired) electrons. The van der Waals surface area contributed by atoms with Crippen LogP contribution in [-0.2, 0) is 19.4 Å². The van der Waals surface area contributed by atoms with Crippen LogP contribution < -0.4 is 5.32 Å². The molecule has 0 aliphatic carbocycles. The van der Waals surface area contributed by atoms with Crippen molar-refractivity contribution in [2.24, 2.45) is 5.92 Å². The SMILES string of the molecule is CC1NC(=O)C(C(C)C)N(C2CCS(=O)(=O)CC2)C1=O. The topological polar surface area (TPSA) is 83.6 Å². The fourth-order valence-electron chi connectivity index (χ4n) is 3.03. The molecule has 2 heterocycles. The molecule has 2 amide bonds. The van der Waals surface area contributed by atoms with Crippen LogP contribution in [0.25, 0.3) is 0 Å². The normalized spacial score (nSPS) is 31.5. The summed E-state index contributed by atoms with van der Waals surface area (Å²) in [6.45, 7) is 5.48. The Balaban J connectivity index is 2.25. The molecule has 7 heteroatoms. The van der Waals surface area contributed by atoms with Gasteiger partial charge in [-0.1, -0.05) is 13.8 Å². The van der Waals surface area contributed by atoms with Crippen molar-refractivity contribution in [1.82, 2.24) is 10.2 Å². The maximum atomic E-state index is 12.4. The van der Waals surface area contributed by atoms with Crippen LogP contribution in [0.2, 0.25) is 0 Å². The Labute approximate surface area is 119 Å². The summed E-state index contributed by atoms with van der Waals surface area (Å²) < 4.78 is 23.0. The van der Waals surface area contributed by atoms with E-state index in [0.29, 0.717) is 12.8 Å². The summed E-state index contributed by atoms with van der Waals surface area (Å²) in [4.78, 5) is 26.2. The predicted molar refractivity (Wildman–Crippen MR) is 74.8 cm³/mol. The third kappa shape index (κ3) is 2.82. The van der Waals surface area contributed by atoms with Gasteiger partial charge in [-0.25, -0.2) is 8.42 Å². The second kappa shape index (κ2) is 5.35. The first-order chi connectivity index (χ1) is 9.23. The van der Waals surface area contributed by atoms with Gasteiger partial charge in [-0.2, -0.15) is 0 Å². The molecular formula is C13H22N2O4S. The second-order valence-corrected chi connectivity index (χ2v) is 8.35. The van der Waals surface area contributed by atoms with E-state index in [9.17, 15) is 18.0 Å². The van der Waals surface area contributed by atoms with Gasteiger partial charge in [-0.3, -0.25) is 9.59 Å². The predicted octanol–water partition coefficient (Wildman–Crippen LogP) is -0.0649. The summed E-state index contributed by atoms with van der Waals surface area (Å²) in [5.41, 5.74) is 0. The Bertz CT molecular complexity index is 500. The van der Waals surface area contributed by atoms with Crippen molar-refractivity contribution < 1.29 is 18.0 Å². The first-order valence-corrected chi connectivity index (χ1v) is 8.88. The van der Waals surface area contributed by atoms with Crippen LogP contribution in [0.3, 0.4) is 0 Å². The van der Waals surface area contributed by atoms with E-state index in [1.54, 1.807) is 11.8 Å². The summed E-state index contributed by atoms with van der Waals surface area (Å²) in [6.07, 6.45) is 0.856. The molecule has 6 nitrogen and oxygen atoms in total. The molecule has 0 spiro atoms. The van der Waals surface area contributed by atoms with Crippen LogP contribution in [0, 0.1) is 5.92 Å². The maximum absolute atomic E-state index is 12.4. The average Bonchev–Trinajstić information content (AvgIpc) is 2.33. The molecule has 0 aromatic rings. The first-order valence-electron chi connectivity index (χ1n) is 7.06. The molecule has 1 N–H and O–H groups in total. The lowest BCUT2D eigenvalue weighted by molar-refractivity contribution is -0.153. The van der Waals surface area contributed by atoms with E-state index in [4.69, 9.17) is 0 Å². The summed E-state index contributed by atoms with van der Waals surface area (Å²) in [5, 5.41) is 2.70. The van der Waals surface area contributed by atoms with Gasteiger partial charge in [0.15, 0.2) is 0 Å². The molecule has 2 aliphatic heterocycles. The Morgan fingerprint density at radius 3 is 2.25 bits per heavy atom. The van der Waals surface area contributed by atoms with Crippen LogP contribution in [0.4, 0.5) is 0 Å². The lowest BCUT2D eigenvalue weighted by Gasteiger charge is -2.45. The molecule has 114 valence electrons. The standard InChI is InChI=1S/C13H22N2O4S/c1-8(2)11-12(16)14-9(3)13(17)15(11)10-4-6-20(18,19)7-5-10/h8-11H,4-7H2,1-3H3,(H,14,16). The van der Waals surface area contributed by atoms with E-state index in [1.807, 2.05) is 13.8 Å². The highest BCUT2D eigenvalue weighted by Gasteiger charge is 2.44. The van der Waals surface area contributed by atoms with E-state index < -0.39 is 21.9 Å². The minimum Gasteiger partial charge on any atom is -0.343 e. The highest BCUT2D eigenvalue weighted by atomic mass is 32.2. The number of carbonyl (C=O) groups excluding carboxylic acids is 2. The van der Waals surface area contributed by atoms with E-state index >= 15 is 0 Å². The van der Waals surface area contributed by atoms with E-state index in [1.165, 1.54) is 0 Å². The van der Waals surface area contributed by atoms with Gasteiger partial charge in [0.2, 0.25) is 11.8 Å². The number of sulfone groups is 1. The molecule has 0 bridgehead atoms. The number of rotatable bonds is 2. The van der Waals surface area contributed by atoms with Gasteiger partial charge >= 0.3 is 0 Å².